The van der Waals surface area contributed by atoms with Gasteiger partial charge in [0.15, 0.2) is 6.61 Å². The van der Waals surface area contributed by atoms with Gasteiger partial charge in [-0.15, -0.1) is 0 Å². The van der Waals surface area contributed by atoms with Gasteiger partial charge in [0.1, 0.15) is 6.54 Å². The number of nitrogens with one attached hydrogen (secondary N) is 2. The van der Waals surface area contributed by atoms with Crippen molar-refractivity contribution in [3.05, 3.63) is 65.7 Å². The highest BCUT2D eigenvalue weighted by atomic mass is 16.5. The molecule has 29 heavy (non-hydrogen) atoms. The minimum atomic E-state index is -0.740. The van der Waals surface area contributed by atoms with Gasteiger partial charge in [-0.25, -0.2) is 4.79 Å². The fourth-order valence-electron chi connectivity index (χ4n) is 2.21. The van der Waals surface area contributed by atoms with Gasteiger partial charge in [0.05, 0.1) is 11.7 Å². The molecule has 152 valence electrons. The molecule has 0 fully saturated rings. The fourth-order valence-corrected chi connectivity index (χ4v) is 2.21. The fraction of sp³-hybridized carbons (Fsp3) is 0.238. The van der Waals surface area contributed by atoms with E-state index in [-0.39, 0.29) is 12.6 Å². The maximum atomic E-state index is 11.9. The van der Waals surface area contributed by atoms with Crippen LogP contribution in [0.3, 0.4) is 0 Å². The van der Waals surface area contributed by atoms with Crippen LogP contribution in [0, 0.1) is 0 Å². The van der Waals surface area contributed by atoms with Gasteiger partial charge in [-0.3, -0.25) is 14.4 Å². The second-order valence-electron chi connectivity index (χ2n) is 6.29. The third-order valence-electron chi connectivity index (χ3n) is 3.54. The van der Waals surface area contributed by atoms with Crippen LogP contribution in [0.4, 0.5) is 5.69 Å². The van der Waals surface area contributed by atoms with Gasteiger partial charge in [-0.2, -0.15) is 0 Å². The van der Waals surface area contributed by atoms with Gasteiger partial charge in [0, 0.05) is 11.3 Å². The van der Waals surface area contributed by atoms with Crippen molar-refractivity contribution in [2.45, 2.75) is 20.0 Å². The number of anilines is 1. The molecule has 0 aliphatic carbocycles. The van der Waals surface area contributed by atoms with Crippen LogP contribution in [-0.4, -0.2) is 43.0 Å². The van der Waals surface area contributed by atoms with Crippen LogP contribution in [0.2, 0.25) is 0 Å². The number of carbonyl (C=O) groups excluding carboxylic acids is 4. The van der Waals surface area contributed by atoms with Gasteiger partial charge in [0.25, 0.3) is 11.8 Å². The molecule has 0 aliphatic heterocycles. The van der Waals surface area contributed by atoms with Crippen molar-refractivity contribution < 1.29 is 28.7 Å². The summed E-state index contributed by atoms with van der Waals surface area (Å²) in [6, 6.07) is 14.5. The number of benzene rings is 2. The first kappa shape index (κ1) is 21.6. The normalized spacial score (nSPS) is 10.2. The topological polar surface area (TPSA) is 111 Å². The van der Waals surface area contributed by atoms with E-state index >= 15 is 0 Å². The quantitative estimate of drug-likeness (QED) is 0.660. The standard InChI is InChI=1S/C21H22N2O6/c1-14(2)29-21(27)16-8-10-17(11-9-16)23-18(24)13-28-19(25)12-22-20(26)15-6-4-3-5-7-15/h3-11,14H,12-13H2,1-2H3,(H,22,26)(H,23,24). The molecule has 0 radical (unpaired) electrons. The van der Waals surface area contributed by atoms with Crippen LogP contribution >= 0.6 is 0 Å². The van der Waals surface area contributed by atoms with E-state index in [1.54, 1.807) is 44.2 Å². The summed E-state index contributed by atoms with van der Waals surface area (Å²) >= 11 is 0. The van der Waals surface area contributed by atoms with E-state index in [1.807, 2.05) is 0 Å². The number of amides is 2. The molecule has 8 nitrogen and oxygen atoms in total. The molecule has 0 atom stereocenters. The molecule has 0 unspecified atom stereocenters. The number of hydrogen-bond donors (Lipinski definition) is 2. The predicted octanol–water partition coefficient (Wildman–Crippen LogP) is 2.16. The third kappa shape index (κ3) is 7.45. The highest BCUT2D eigenvalue weighted by Crippen LogP contribution is 2.11. The first-order valence-electron chi connectivity index (χ1n) is 8.95. The van der Waals surface area contributed by atoms with Crippen molar-refractivity contribution in [3.63, 3.8) is 0 Å². The van der Waals surface area contributed by atoms with Crippen molar-refractivity contribution in [3.8, 4) is 0 Å². The van der Waals surface area contributed by atoms with Gasteiger partial charge in [-0.05, 0) is 50.2 Å². The van der Waals surface area contributed by atoms with Crippen molar-refractivity contribution in [2.75, 3.05) is 18.5 Å². The number of carbonyl (C=O) groups is 4. The van der Waals surface area contributed by atoms with Gasteiger partial charge >= 0.3 is 11.9 Å². The van der Waals surface area contributed by atoms with Gasteiger partial charge in [0.2, 0.25) is 0 Å². The summed E-state index contributed by atoms with van der Waals surface area (Å²) in [5.74, 6) is -2.16. The zero-order valence-electron chi connectivity index (χ0n) is 16.1. The van der Waals surface area contributed by atoms with Crippen LogP contribution in [0.25, 0.3) is 0 Å². The Morgan fingerprint density at radius 2 is 1.55 bits per heavy atom. The number of ether oxygens (including phenoxy) is 2. The van der Waals surface area contributed by atoms with Crippen LogP contribution in [-0.2, 0) is 19.1 Å². The van der Waals surface area contributed by atoms with Crippen molar-refractivity contribution in [1.29, 1.82) is 0 Å². The summed E-state index contributed by atoms with van der Waals surface area (Å²) in [7, 11) is 0. The molecule has 2 aromatic rings. The van der Waals surface area contributed by atoms with Crippen molar-refractivity contribution in [1.82, 2.24) is 5.32 Å². The Balaban J connectivity index is 1.73. The number of hydrogen-bond acceptors (Lipinski definition) is 6. The zero-order chi connectivity index (χ0) is 21.2. The van der Waals surface area contributed by atoms with E-state index in [9.17, 15) is 19.2 Å². The lowest BCUT2D eigenvalue weighted by Crippen LogP contribution is -2.32. The number of esters is 2. The summed E-state index contributed by atoms with van der Waals surface area (Å²) in [5, 5.41) is 4.95. The Hall–Kier alpha value is -3.68. The molecule has 0 saturated carbocycles. The highest BCUT2D eigenvalue weighted by molar-refractivity contribution is 5.97. The van der Waals surface area contributed by atoms with E-state index in [0.717, 1.165) is 0 Å². The Morgan fingerprint density at radius 3 is 2.17 bits per heavy atom. The molecule has 0 spiro atoms. The van der Waals surface area contributed by atoms with Gasteiger partial charge in [-0.1, -0.05) is 18.2 Å². The molecule has 0 heterocycles. The van der Waals surface area contributed by atoms with Crippen molar-refractivity contribution >= 4 is 29.4 Å². The highest BCUT2D eigenvalue weighted by Gasteiger charge is 2.12. The summed E-state index contributed by atoms with van der Waals surface area (Å²) in [6.07, 6.45) is -0.228. The van der Waals surface area contributed by atoms with E-state index in [2.05, 4.69) is 10.6 Å². The second-order valence-corrected chi connectivity index (χ2v) is 6.29. The maximum absolute atomic E-state index is 11.9. The van der Waals surface area contributed by atoms with E-state index < -0.39 is 30.4 Å². The maximum Gasteiger partial charge on any atom is 0.338 e. The Kier molecular flexibility index (Phi) is 7.90. The molecule has 2 N–H and O–H groups in total. The van der Waals surface area contributed by atoms with Crippen molar-refractivity contribution in [2.24, 2.45) is 0 Å². The van der Waals surface area contributed by atoms with E-state index in [4.69, 9.17) is 9.47 Å². The molecular formula is C21H22N2O6. The average Bonchev–Trinajstić information content (AvgIpc) is 2.71. The second kappa shape index (κ2) is 10.6. The molecule has 0 aliphatic rings. The SMILES string of the molecule is CC(C)OC(=O)c1ccc(NC(=O)COC(=O)CNC(=O)c2ccccc2)cc1. The molecule has 8 heteroatoms. The first-order valence-corrected chi connectivity index (χ1v) is 8.95. The lowest BCUT2D eigenvalue weighted by Gasteiger charge is -2.09. The van der Waals surface area contributed by atoms with E-state index in [0.29, 0.717) is 16.8 Å². The summed E-state index contributed by atoms with van der Waals surface area (Å²) in [5.41, 5.74) is 1.21. The lowest BCUT2D eigenvalue weighted by atomic mass is 10.2. The Morgan fingerprint density at radius 1 is 0.897 bits per heavy atom. The van der Waals surface area contributed by atoms with Gasteiger partial charge < -0.3 is 20.1 Å². The average molecular weight is 398 g/mol. The monoisotopic (exact) mass is 398 g/mol. The largest absolute Gasteiger partial charge is 0.459 e. The summed E-state index contributed by atoms with van der Waals surface area (Å²) in [4.78, 5) is 47.1. The molecule has 0 bridgehead atoms. The zero-order valence-corrected chi connectivity index (χ0v) is 16.1. The Labute approximate surface area is 168 Å². The smallest absolute Gasteiger partial charge is 0.338 e. The van der Waals surface area contributed by atoms with Crippen LogP contribution in [0.1, 0.15) is 34.6 Å². The van der Waals surface area contributed by atoms with Crippen LogP contribution in [0.15, 0.2) is 54.6 Å². The van der Waals surface area contributed by atoms with Crippen LogP contribution < -0.4 is 10.6 Å². The molecule has 2 aromatic carbocycles. The molecule has 0 aromatic heterocycles. The predicted molar refractivity (Wildman–Crippen MR) is 105 cm³/mol. The summed E-state index contributed by atoms with van der Waals surface area (Å²) in [6.45, 7) is 2.65. The van der Waals surface area contributed by atoms with E-state index in [1.165, 1.54) is 24.3 Å². The molecule has 2 rings (SSSR count). The third-order valence-corrected chi connectivity index (χ3v) is 3.54. The minimum Gasteiger partial charge on any atom is -0.459 e. The molecular weight excluding hydrogens is 376 g/mol. The first-order chi connectivity index (χ1) is 13.8. The molecule has 2 amide bonds. The minimum absolute atomic E-state index is 0.228. The summed E-state index contributed by atoms with van der Waals surface area (Å²) < 4.78 is 9.90. The number of rotatable bonds is 8. The van der Waals surface area contributed by atoms with Crippen LogP contribution in [0.5, 0.6) is 0 Å². The molecule has 0 saturated heterocycles. The Bertz CT molecular complexity index is 862. The lowest BCUT2D eigenvalue weighted by molar-refractivity contribution is -0.146.